The van der Waals surface area contributed by atoms with Crippen LogP contribution in [-0.2, 0) is 6.42 Å². The number of hydrogen-bond acceptors (Lipinski definition) is 2. The van der Waals surface area contributed by atoms with Gasteiger partial charge >= 0.3 is 0 Å². The molecule has 1 N–H and O–H groups in total. The highest BCUT2D eigenvalue weighted by molar-refractivity contribution is 6.30. The molecule has 0 aromatic heterocycles. The first-order valence-electron chi connectivity index (χ1n) is 5.95. The molecule has 3 heteroatoms. The topological polar surface area (TPSA) is 15.3 Å². The van der Waals surface area contributed by atoms with Crippen LogP contribution < -0.4 is 5.32 Å². The van der Waals surface area contributed by atoms with Gasteiger partial charge < -0.3 is 5.32 Å². The molecule has 1 aliphatic rings. The lowest BCUT2D eigenvalue weighted by Gasteiger charge is -2.27. The maximum atomic E-state index is 5.88. The molecule has 0 saturated carbocycles. The Hall–Kier alpha value is -0.570. The lowest BCUT2D eigenvalue weighted by Crippen LogP contribution is -2.43. The Morgan fingerprint density at radius 2 is 1.88 bits per heavy atom. The molecule has 0 spiro atoms. The van der Waals surface area contributed by atoms with Crippen LogP contribution >= 0.6 is 11.6 Å². The van der Waals surface area contributed by atoms with Crippen LogP contribution in [0.2, 0.25) is 5.02 Å². The Balaban J connectivity index is 1.97. The van der Waals surface area contributed by atoms with Crippen LogP contribution in [0.25, 0.3) is 0 Å². The fraction of sp³-hybridized carbons (Fsp3) is 0.538. The first kappa shape index (κ1) is 11.9. The molecule has 1 saturated heterocycles. The third-order valence-electron chi connectivity index (χ3n) is 3.26. The van der Waals surface area contributed by atoms with Gasteiger partial charge in [-0.1, -0.05) is 23.7 Å². The van der Waals surface area contributed by atoms with Crippen molar-refractivity contribution in [3.05, 3.63) is 34.9 Å². The summed E-state index contributed by atoms with van der Waals surface area (Å²) in [5, 5.41) is 4.21. The van der Waals surface area contributed by atoms with Gasteiger partial charge in [-0.2, -0.15) is 0 Å². The Morgan fingerprint density at radius 1 is 1.25 bits per heavy atom. The molecular formula is C13H19ClN2. The zero-order valence-electron chi connectivity index (χ0n) is 9.75. The van der Waals surface area contributed by atoms with Gasteiger partial charge in [-0.3, -0.25) is 4.90 Å². The Bertz CT molecular complexity index is 317. The van der Waals surface area contributed by atoms with Gasteiger partial charge in [0.05, 0.1) is 6.17 Å². The SMILES string of the molecule is CNC(Cc1ccc(Cl)cc1)N1CCCC1. The summed E-state index contributed by atoms with van der Waals surface area (Å²) in [4.78, 5) is 2.52. The van der Waals surface area contributed by atoms with E-state index >= 15 is 0 Å². The fourth-order valence-corrected chi connectivity index (χ4v) is 2.44. The molecule has 0 bridgehead atoms. The highest BCUT2D eigenvalue weighted by Crippen LogP contribution is 2.15. The van der Waals surface area contributed by atoms with Crippen LogP contribution in [0.4, 0.5) is 0 Å². The second-order valence-corrected chi connectivity index (χ2v) is 4.81. The smallest absolute Gasteiger partial charge is 0.0636 e. The van der Waals surface area contributed by atoms with Crippen molar-refractivity contribution in [3.63, 3.8) is 0 Å². The van der Waals surface area contributed by atoms with Gasteiger partial charge in [-0.25, -0.2) is 0 Å². The molecule has 0 aliphatic carbocycles. The predicted molar refractivity (Wildman–Crippen MR) is 68.8 cm³/mol. The number of nitrogens with one attached hydrogen (secondary N) is 1. The van der Waals surface area contributed by atoms with Crippen molar-refractivity contribution in [2.75, 3.05) is 20.1 Å². The first-order chi connectivity index (χ1) is 7.79. The van der Waals surface area contributed by atoms with Crippen LogP contribution in [0.3, 0.4) is 0 Å². The second kappa shape index (κ2) is 5.67. The monoisotopic (exact) mass is 238 g/mol. The Labute approximate surface area is 103 Å². The summed E-state index contributed by atoms with van der Waals surface area (Å²) in [7, 11) is 2.04. The molecule has 1 heterocycles. The molecular weight excluding hydrogens is 220 g/mol. The lowest BCUT2D eigenvalue weighted by atomic mass is 10.1. The van der Waals surface area contributed by atoms with Gasteiger partial charge in [0, 0.05) is 11.4 Å². The molecule has 1 aliphatic heterocycles. The van der Waals surface area contributed by atoms with E-state index in [0.717, 1.165) is 11.4 Å². The number of rotatable bonds is 4. The zero-order valence-corrected chi connectivity index (χ0v) is 10.5. The van der Waals surface area contributed by atoms with Crippen LogP contribution in [0.1, 0.15) is 18.4 Å². The summed E-state index contributed by atoms with van der Waals surface area (Å²) in [5.74, 6) is 0. The van der Waals surface area contributed by atoms with E-state index in [1.54, 1.807) is 0 Å². The van der Waals surface area contributed by atoms with Gasteiger partial charge in [-0.05, 0) is 50.7 Å². The molecule has 2 rings (SSSR count). The van der Waals surface area contributed by atoms with E-state index in [1.807, 2.05) is 19.2 Å². The molecule has 1 aromatic rings. The maximum absolute atomic E-state index is 5.88. The van der Waals surface area contributed by atoms with E-state index in [2.05, 4.69) is 22.3 Å². The molecule has 1 unspecified atom stereocenters. The van der Waals surface area contributed by atoms with Gasteiger partial charge in [0.25, 0.3) is 0 Å². The van der Waals surface area contributed by atoms with Crippen LogP contribution in [-0.4, -0.2) is 31.2 Å². The summed E-state index contributed by atoms with van der Waals surface area (Å²) in [6.45, 7) is 2.44. The summed E-state index contributed by atoms with van der Waals surface area (Å²) in [6.07, 6.45) is 4.18. The van der Waals surface area contributed by atoms with Gasteiger partial charge in [0.2, 0.25) is 0 Å². The van der Waals surface area contributed by atoms with Gasteiger partial charge in [0.15, 0.2) is 0 Å². The van der Waals surface area contributed by atoms with E-state index < -0.39 is 0 Å². The number of halogens is 1. The average molecular weight is 239 g/mol. The quantitative estimate of drug-likeness (QED) is 0.867. The van der Waals surface area contributed by atoms with E-state index in [-0.39, 0.29) is 0 Å². The number of benzene rings is 1. The fourth-order valence-electron chi connectivity index (χ4n) is 2.31. The molecule has 1 aromatic carbocycles. The molecule has 1 fully saturated rings. The molecule has 16 heavy (non-hydrogen) atoms. The van der Waals surface area contributed by atoms with Crippen molar-refractivity contribution in [3.8, 4) is 0 Å². The Morgan fingerprint density at radius 3 is 2.44 bits per heavy atom. The van der Waals surface area contributed by atoms with E-state index in [0.29, 0.717) is 6.17 Å². The lowest BCUT2D eigenvalue weighted by molar-refractivity contribution is 0.212. The molecule has 2 nitrogen and oxygen atoms in total. The summed E-state index contributed by atoms with van der Waals surface area (Å²) in [6, 6.07) is 8.16. The second-order valence-electron chi connectivity index (χ2n) is 4.38. The van der Waals surface area contributed by atoms with Gasteiger partial charge in [-0.15, -0.1) is 0 Å². The molecule has 1 atom stereocenters. The van der Waals surface area contributed by atoms with Crippen LogP contribution in [0.15, 0.2) is 24.3 Å². The van der Waals surface area contributed by atoms with Crippen molar-refractivity contribution in [2.24, 2.45) is 0 Å². The van der Waals surface area contributed by atoms with Gasteiger partial charge in [0.1, 0.15) is 0 Å². The highest BCUT2D eigenvalue weighted by Gasteiger charge is 2.20. The standard InChI is InChI=1S/C13H19ClN2/c1-15-13(16-8-2-3-9-16)10-11-4-6-12(14)7-5-11/h4-7,13,15H,2-3,8-10H2,1H3. The zero-order chi connectivity index (χ0) is 11.4. The first-order valence-corrected chi connectivity index (χ1v) is 6.33. The maximum Gasteiger partial charge on any atom is 0.0636 e. The van der Waals surface area contributed by atoms with Crippen molar-refractivity contribution in [1.29, 1.82) is 0 Å². The van der Waals surface area contributed by atoms with Crippen molar-refractivity contribution >= 4 is 11.6 Å². The minimum Gasteiger partial charge on any atom is -0.305 e. The number of likely N-dealkylation sites (tertiary alicyclic amines) is 1. The Kier molecular flexibility index (Phi) is 4.22. The number of nitrogens with zero attached hydrogens (tertiary/aromatic N) is 1. The molecule has 88 valence electrons. The summed E-state index contributed by atoms with van der Waals surface area (Å²) >= 11 is 5.88. The highest BCUT2D eigenvalue weighted by atomic mass is 35.5. The van der Waals surface area contributed by atoms with Crippen molar-refractivity contribution in [1.82, 2.24) is 10.2 Å². The normalized spacial score (nSPS) is 18.9. The minimum atomic E-state index is 0.462. The van der Waals surface area contributed by atoms with Crippen molar-refractivity contribution < 1.29 is 0 Å². The molecule has 0 amide bonds. The third-order valence-corrected chi connectivity index (χ3v) is 3.51. The van der Waals surface area contributed by atoms with E-state index in [9.17, 15) is 0 Å². The summed E-state index contributed by atoms with van der Waals surface area (Å²) < 4.78 is 0. The minimum absolute atomic E-state index is 0.462. The van der Waals surface area contributed by atoms with E-state index in [4.69, 9.17) is 11.6 Å². The predicted octanol–water partition coefficient (Wildman–Crippen LogP) is 2.52. The summed E-state index contributed by atoms with van der Waals surface area (Å²) in [5.41, 5.74) is 1.34. The third kappa shape index (κ3) is 2.97. The van der Waals surface area contributed by atoms with Crippen molar-refractivity contribution in [2.45, 2.75) is 25.4 Å². The molecule has 0 radical (unpaired) electrons. The number of likely N-dealkylation sites (N-methyl/N-ethyl adjacent to an activating group) is 1. The number of hydrogen-bond donors (Lipinski definition) is 1. The largest absolute Gasteiger partial charge is 0.305 e. The van der Waals surface area contributed by atoms with Crippen LogP contribution in [0, 0.1) is 0 Å². The van der Waals surface area contributed by atoms with Crippen LogP contribution in [0.5, 0.6) is 0 Å². The van der Waals surface area contributed by atoms with E-state index in [1.165, 1.54) is 31.5 Å². The average Bonchev–Trinajstić information content (AvgIpc) is 2.82.